The van der Waals surface area contributed by atoms with Crippen LogP contribution in [-0.2, 0) is 34.2 Å². The molecule has 1 saturated heterocycles. The molecule has 2 atom stereocenters. The first-order valence-electron chi connectivity index (χ1n) is 9.87. The van der Waals surface area contributed by atoms with Crippen molar-refractivity contribution in [3.05, 3.63) is 29.8 Å². The maximum absolute atomic E-state index is 12.7. The van der Waals surface area contributed by atoms with Crippen LogP contribution >= 0.6 is 0 Å². The number of nitrogens with zero attached hydrogens (tertiary/aromatic N) is 1. The molecule has 1 fully saturated rings. The molecule has 0 aliphatic carbocycles. The summed E-state index contributed by atoms with van der Waals surface area (Å²) in [5, 5.41) is 6.03. The maximum Gasteiger partial charge on any atom is 0.313 e. The van der Waals surface area contributed by atoms with Crippen molar-refractivity contribution < 1.29 is 28.8 Å². The van der Waals surface area contributed by atoms with Gasteiger partial charge in [0.2, 0.25) is 0 Å². The number of para-hydroxylation sites is 1. The second kappa shape index (κ2) is 9.71. The standard InChI is InChI=1S/C21H29N3O6/c1-6-30-24(14-11-17(25)29-12-14)20(28)13(2)22-18(26)19(27)23-16-10-8-7-9-15(16)21(3,4)5/h7-10,13-14H,6,11-12H2,1-5H3,(H,22,26)(H,23,27). The molecule has 1 heterocycles. The monoisotopic (exact) mass is 419 g/mol. The van der Waals surface area contributed by atoms with Gasteiger partial charge in [-0.3, -0.25) is 24.0 Å². The SMILES string of the molecule is CCON(C(=O)C(C)NC(=O)C(=O)Nc1ccccc1C(C)(C)C)C1COC(=O)C1. The van der Waals surface area contributed by atoms with Gasteiger partial charge in [-0.15, -0.1) is 0 Å². The molecule has 0 saturated carbocycles. The van der Waals surface area contributed by atoms with Crippen molar-refractivity contribution in [1.82, 2.24) is 10.4 Å². The zero-order chi connectivity index (χ0) is 22.5. The molecule has 2 rings (SSSR count). The van der Waals surface area contributed by atoms with Gasteiger partial charge < -0.3 is 15.4 Å². The first-order valence-corrected chi connectivity index (χ1v) is 9.87. The number of hydrogen-bond donors (Lipinski definition) is 2. The summed E-state index contributed by atoms with van der Waals surface area (Å²) in [6, 6.07) is 5.61. The Labute approximate surface area is 176 Å². The molecule has 164 valence electrons. The summed E-state index contributed by atoms with van der Waals surface area (Å²) in [6.45, 7) is 9.35. The van der Waals surface area contributed by atoms with Gasteiger partial charge in [0.1, 0.15) is 18.7 Å². The molecular weight excluding hydrogens is 390 g/mol. The molecule has 1 aromatic carbocycles. The molecule has 9 heteroatoms. The van der Waals surface area contributed by atoms with Gasteiger partial charge in [0.15, 0.2) is 0 Å². The van der Waals surface area contributed by atoms with Crippen LogP contribution in [0, 0.1) is 0 Å². The lowest BCUT2D eigenvalue weighted by molar-refractivity contribution is -0.200. The molecule has 0 radical (unpaired) electrons. The summed E-state index contributed by atoms with van der Waals surface area (Å²) >= 11 is 0. The fourth-order valence-corrected chi connectivity index (χ4v) is 3.08. The van der Waals surface area contributed by atoms with Crippen LogP contribution in [-0.4, -0.2) is 54.1 Å². The number of carbonyl (C=O) groups excluding carboxylic acids is 4. The number of nitrogens with one attached hydrogen (secondary N) is 2. The minimum atomic E-state index is -1.04. The maximum atomic E-state index is 12.7. The quantitative estimate of drug-likeness (QED) is 0.411. The summed E-state index contributed by atoms with van der Waals surface area (Å²) in [5.41, 5.74) is 1.17. The zero-order valence-electron chi connectivity index (χ0n) is 18.0. The fourth-order valence-electron chi connectivity index (χ4n) is 3.08. The van der Waals surface area contributed by atoms with Crippen molar-refractivity contribution >= 4 is 29.4 Å². The number of rotatable bonds is 6. The lowest BCUT2D eigenvalue weighted by atomic mass is 9.86. The Balaban J connectivity index is 2.03. The van der Waals surface area contributed by atoms with Crippen LogP contribution in [0.5, 0.6) is 0 Å². The van der Waals surface area contributed by atoms with Crippen LogP contribution in [0.3, 0.4) is 0 Å². The Morgan fingerprint density at radius 3 is 2.47 bits per heavy atom. The van der Waals surface area contributed by atoms with Crippen LogP contribution in [0.1, 0.15) is 46.6 Å². The van der Waals surface area contributed by atoms with Crippen molar-refractivity contribution in [2.45, 2.75) is 58.5 Å². The van der Waals surface area contributed by atoms with Gasteiger partial charge in [-0.25, -0.2) is 5.06 Å². The van der Waals surface area contributed by atoms with Gasteiger partial charge in [-0.2, -0.15) is 0 Å². The number of benzene rings is 1. The van der Waals surface area contributed by atoms with E-state index >= 15 is 0 Å². The normalized spacial score (nSPS) is 17.1. The molecule has 1 aromatic rings. The van der Waals surface area contributed by atoms with E-state index in [1.165, 1.54) is 6.92 Å². The second-order valence-corrected chi connectivity index (χ2v) is 8.07. The molecule has 2 unspecified atom stereocenters. The van der Waals surface area contributed by atoms with Crippen molar-refractivity contribution in [1.29, 1.82) is 0 Å². The number of esters is 1. The lowest BCUT2D eigenvalue weighted by Crippen LogP contribution is -2.52. The Morgan fingerprint density at radius 2 is 1.90 bits per heavy atom. The van der Waals surface area contributed by atoms with E-state index in [2.05, 4.69) is 10.6 Å². The van der Waals surface area contributed by atoms with E-state index < -0.39 is 35.8 Å². The van der Waals surface area contributed by atoms with E-state index in [9.17, 15) is 19.2 Å². The largest absolute Gasteiger partial charge is 0.463 e. The van der Waals surface area contributed by atoms with Gasteiger partial charge >= 0.3 is 17.8 Å². The minimum absolute atomic E-state index is 0.0104. The third-order valence-electron chi connectivity index (χ3n) is 4.56. The molecule has 30 heavy (non-hydrogen) atoms. The first-order chi connectivity index (χ1) is 14.0. The summed E-state index contributed by atoms with van der Waals surface area (Å²) in [4.78, 5) is 54.2. The number of anilines is 1. The highest BCUT2D eigenvalue weighted by atomic mass is 16.7. The van der Waals surface area contributed by atoms with Gasteiger partial charge in [0.25, 0.3) is 5.91 Å². The summed E-state index contributed by atoms with van der Waals surface area (Å²) in [6.07, 6.45) is 0.0104. The average Bonchev–Trinajstić information content (AvgIpc) is 3.11. The molecule has 1 aliphatic heterocycles. The lowest BCUT2D eigenvalue weighted by Gasteiger charge is -2.28. The Kier molecular flexibility index (Phi) is 7.55. The van der Waals surface area contributed by atoms with Crippen LogP contribution < -0.4 is 10.6 Å². The van der Waals surface area contributed by atoms with Crippen LogP contribution in [0.2, 0.25) is 0 Å². The Hall–Kier alpha value is -2.94. The van der Waals surface area contributed by atoms with Crippen molar-refractivity contribution in [3.63, 3.8) is 0 Å². The molecule has 1 aliphatic rings. The smallest absolute Gasteiger partial charge is 0.313 e. The Bertz CT molecular complexity index is 817. The summed E-state index contributed by atoms with van der Waals surface area (Å²) < 4.78 is 4.88. The number of amides is 3. The van der Waals surface area contributed by atoms with Crippen molar-refractivity contribution in [2.24, 2.45) is 0 Å². The van der Waals surface area contributed by atoms with E-state index in [4.69, 9.17) is 9.57 Å². The highest BCUT2D eigenvalue weighted by molar-refractivity contribution is 6.40. The predicted molar refractivity (Wildman–Crippen MR) is 109 cm³/mol. The molecule has 0 aromatic heterocycles. The first kappa shape index (κ1) is 23.3. The Morgan fingerprint density at radius 1 is 1.23 bits per heavy atom. The third-order valence-corrected chi connectivity index (χ3v) is 4.56. The van der Waals surface area contributed by atoms with E-state index in [0.29, 0.717) is 5.69 Å². The van der Waals surface area contributed by atoms with E-state index in [1.54, 1.807) is 19.1 Å². The number of hydroxylamine groups is 2. The summed E-state index contributed by atoms with van der Waals surface area (Å²) in [7, 11) is 0. The van der Waals surface area contributed by atoms with Gasteiger partial charge in [0, 0.05) is 5.69 Å². The number of cyclic esters (lactones) is 1. The predicted octanol–water partition coefficient (Wildman–Crippen LogP) is 1.52. The van der Waals surface area contributed by atoms with E-state index in [0.717, 1.165) is 10.6 Å². The molecule has 3 amide bonds. The number of carbonyl (C=O) groups is 4. The molecule has 2 N–H and O–H groups in total. The van der Waals surface area contributed by atoms with E-state index in [-0.39, 0.29) is 25.0 Å². The average molecular weight is 419 g/mol. The zero-order valence-corrected chi connectivity index (χ0v) is 18.0. The topological polar surface area (TPSA) is 114 Å². The molecule has 0 spiro atoms. The molecule has 9 nitrogen and oxygen atoms in total. The van der Waals surface area contributed by atoms with Crippen LogP contribution in [0.25, 0.3) is 0 Å². The fraction of sp³-hybridized carbons (Fsp3) is 0.524. The van der Waals surface area contributed by atoms with Crippen LogP contribution in [0.15, 0.2) is 24.3 Å². The highest BCUT2D eigenvalue weighted by Gasteiger charge is 2.36. The number of hydrogen-bond acceptors (Lipinski definition) is 6. The van der Waals surface area contributed by atoms with Crippen LogP contribution in [0.4, 0.5) is 5.69 Å². The van der Waals surface area contributed by atoms with Gasteiger partial charge in [-0.1, -0.05) is 39.0 Å². The number of ether oxygens (including phenoxy) is 1. The third kappa shape index (κ3) is 5.79. The van der Waals surface area contributed by atoms with E-state index in [1.807, 2.05) is 32.9 Å². The van der Waals surface area contributed by atoms with Gasteiger partial charge in [0.05, 0.1) is 13.0 Å². The molecule has 0 bridgehead atoms. The second-order valence-electron chi connectivity index (χ2n) is 8.07. The highest BCUT2D eigenvalue weighted by Crippen LogP contribution is 2.29. The van der Waals surface area contributed by atoms with Crippen molar-refractivity contribution in [3.8, 4) is 0 Å². The van der Waals surface area contributed by atoms with Crippen molar-refractivity contribution in [2.75, 3.05) is 18.5 Å². The minimum Gasteiger partial charge on any atom is -0.463 e. The molecular formula is C21H29N3O6. The van der Waals surface area contributed by atoms with Gasteiger partial charge in [-0.05, 0) is 30.9 Å². The summed E-state index contributed by atoms with van der Waals surface area (Å²) in [5.74, 6) is -2.83.